The first-order valence-corrected chi connectivity index (χ1v) is 9.21. The van der Waals surface area contributed by atoms with Gasteiger partial charge in [0.1, 0.15) is 11.6 Å². The number of aliphatic hydroxyl groups is 1. The van der Waals surface area contributed by atoms with Gasteiger partial charge in [-0.1, -0.05) is 18.2 Å². The number of imidazole rings is 1. The lowest BCUT2D eigenvalue weighted by Gasteiger charge is -2.36. The van der Waals surface area contributed by atoms with Gasteiger partial charge >= 0.3 is 0 Å². The highest BCUT2D eigenvalue weighted by Gasteiger charge is 2.30. The Bertz CT molecular complexity index is 746. The highest BCUT2D eigenvalue weighted by Crippen LogP contribution is 2.24. The summed E-state index contributed by atoms with van der Waals surface area (Å²) in [5.74, 6) is 0.783. The molecule has 1 aliphatic rings. The molecule has 0 bridgehead atoms. The van der Waals surface area contributed by atoms with Gasteiger partial charge in [-0.3, -0.25) is 4.79 Å². The number of benzene rings is 1. The number of aliphatic hydroxyl groups excluding tert-OH is 1. The minimum atomic E-state index is -0.608. The molecule has 0 radical (unpaired) electrons. The number of hydrogen-bond acceptors (Lipinski definition) is 3. The fourth-order valence-electron chi connectivity index (χ4n) is 3.59. The van der Waals surface area contributed by atoms with Crippen molar-refractivity contribution in [2.24, 2.45) is 5.92 Å². The van der Waals surface area contributed by atoms with Crippen molar-refractivity contribution in [1.82, 2.24) is 14.5 Å². The lowest BCUT2D eigenvalue weighted by molar-refractivity contribution is -0.135. The zero-order valence-corrected chi connectivity index (χ0v) is 15.1. The fraction of sp³-hybridized carbons (Fsp3) is 0.500. The standard InChI is InChI=1S/C20H26FN3O2/c1-15-22-9-12-23(15)10-4-7-20(26)24-11-8-17(19(25)14-24)13-16-5-2-3-6-18(16)21/h2-3,5-6,9,12,17,19,25H,4,7-8,10-11,13-14H2,1H3/t17-,19+/m1/s1. The average molecular weight is 359 g/mol. The van der Waals surface area contributed by atoms with Crippen molar-refractivity contribution < 1.29 is 14.3 Å². The number of aromatic nitrogens is 2. The maximum atomic E-state index is 13.8. The Hall–Kier alpha value is -2.21. The smallest absolute Gasteiger partial charge is 0.222 e. The lowest BCUT2D eigenvalue weighted by Crippen LogP contribution is -2.47. The van der Waals surface area contributed by atoms with Crippen LogP contribution in [0.3, 0.4) is 0 Å². The van der Waals surface area contributed by atoms with Crippen LogP contribution in [-0.4, -0.2) is 44.7 Å². The Labute approximate surface area is 153 Å². The summed E-state index contributed by atoms with van der Waals surface area (Å²) in [7, 11) is 0. The number of piperidine rings is 1. The van der Waals surface area contributed by atoms with Crippen molar-refractivity contribution >= 4 is 5.91 Å². The third-order valence-electron chi connectivity index (χ3n) is 5.23. The molecule has 0 aliphatic carbocycles. The first-order valence-electron chi connectivity index (χ1n) is 9.21. The molecule has 0 saturated carbocycles. The molecule has 26 heavy (non-hydrogen) atoms. The van der Waals surface area contributed by atoms with Crippen LogP contribution < -0.4 is 0 Å². The molecule has 1 amide bonds. The van der Waals surface area contributed by atoms with Crippen molar-refractivity contribution in [3.05, 3.63) is 53.9 Å². The zero-order chi connectivity index (χ0) is 18.5. The Kier molecular flexibility index (Phi) is 6.04. The van der Waals surface area contributed by atoms with E-state index in [0.717, 1.165) is 18.8 Å². The molecule has 1 aliphatic heterocycles. The Morgan fingerprint density at radius 3 is 2.88 bits per heavy atom. The van der Waals surface area contributed by atoms with Crippen LogP contribution in [-0.2, 0) is 17.8 Å². The third-order valence-corrected chi connectivity index (χ3v) is 5.23. The van der Waals surface area contributed by atoms with Gasteiger partial charge in [0, 0.05) is 38.4 Å². The van der Waals surface area contributed by atoms with Crippen LogP contribution in [0, 0.1) is 18.7 Å². The van der Waals surface area contributed by atoms with Crippen LogP contribution in [0.1, 0.15) is 30.7 Å². The molecular weight excluding hydrogens is 333 g/mol. The predicted molar refractivity (Wildman–Crippen MR) is 97.0 cm³/mol. The number of rotatable bonds is 6. The van der Waals surface area contributed by atoms with Crippen LogP contribution in [0.5, 0.6) is 0 Å². The van der Waals surface area contributed by atoms with E-state index in [-0.39, 0.29) is 17.6 Å². The molecule has 1 saturated heterocycles. The second-order valence-electron chi connectivity index (χ2n) is 7.02. The Balaban J connectivity index is 1.46. The molecule has 2 heterocycles. The van der Waals surface area contributed by atoms with Gasteiger partial charge in [0.2, 0.25) is 5.91 Å². The molecule has 1 fully saturated rings. The van der Waals surface area contributed by atoms with E-state index in [2.05, 4.69) is 4.98 Å². The number of hydrogen-bond donors (Lipinski definition) is 1. The minimum absolute atomic E-state index is 0.00968. The van der Waals surface area contributed by atoms with E-state index in [9.17, 15) is 14.3 Å². The molecule has 2 aromatic rings. The monoisotopic (exact) mass is 359 g/mol. The predicted octanol–water partition coefficient (Wildman–Crippen LogP) is 2.56. The molecule has 1 aromatic heterocycles. The van der Waals surface area contributed by atoms with Gasteiger partial charge < -0.3 is 14.6 Å². The first-order chi connectivity index (χ1) is 12.5. The van der Waals surface area contributed by atoms with Gasteiger partial charge in [-0.15, -0.1) is 0 Å². The van der Waals surface area contributed by atoms with E-state index in [1.54, 1.807) is 23.2 Å². The van der Waals surface area contributed by atoms with Crippen LogP contribution in [0.2, 0.25) is 0 Å². The number of aryl methyl sites for hydroxylation is 2. The average Bonchev–Trinajstić information content (AvgIpc) is 3.03. The number of carbonyl (C=O) groups excluding carboxylic acids is 1. The zero-order valence-electron chi connectivity index (χ0n) is 15.1. The quantitative estimate of drug-likeness (QED) is 0.862. The van der Waals surface area contributed by atoms with Crippen LogP contribution in [0.15, 0.2) is 36.7 Å². The molecule has 5 nitrogen and oxygen atoms in total. The van der Waals surface area contributed by atoms with E-state index in [1.165, 1.54) is 6.07 Å². The van der Waals surface area contributed by atoms with Crippen LogP contribution in [0.25, 0.3) is 0 Å². The van der Waals surface area contributed by atoms with E-state index in [0.29, 0.717) is 37.9 Å². The van der Waals surface area contributed by atoms with Gasteiger partial charge in [0.25, 0.3) is 0 Å². The molecule has 0 spiro atoms. The summed E-state index contributed by atoms with van der Waals surface area (Å²) in [6, 6.07) is 6.69. The number of amides is 1. The molecule has 0 unspecified atom stereocenters. The van der Waals surface area contributed by atoms with Gasteiger partial charge in [-0.25, -0.2) is 9.37 Å². The van der Waals surface area contributed by atoms with Gasteiger partial charge in [0.15, 0.2) is 0 Å². The second-order valence-corrected chi connectivity index (χ2v) is 7.02. The van der Waals surface area contributed by atoms with Crippen molar-refractivity contribution in [2.75, 3.05) is 13.1 Å². The Morgan fingerprint density at radius 2 is 2.19 bits per heavy atom. The topological polar surface area (TPSA) is 58.4 Å². The highest BCUT2D eigenvalue weighted by molar-refractivity contribution is 5.76. The van der Waals surface area contributed by atoms with E-state index in [1.807, 2.05) is 23.8 Å². The summed E-state index contributed by atoms with van der Waals surface area (Å²) in [5.41, 5.74) is 0.632. The van der Waals surface area contributed by atoms with Crippen molar-refractivity contribution in [3.8, 4) is 0 Å². The molecule has 2 atom stereocenters. The summed E-state index contributed by atoms with van der Waals surface area (Å²) in [6.07, 6.45) is 5.48. The van der Waals surface area contributed by atoms with Gasteiger partial charge in [0.05, 0.1) is 6.10 Å². The number of nitrogens with zero attached hydrogens (tertiary/aromatic N) is 3. The summed E-state index contributed by atoms with van der Waals surface area (Å²) >= 11 is 0. The maximum Gasteiger partial charge on any atom is 0.222 e. The molecule has 1 aromatic carbocycles. The highest BCUT2D eigenvalue weighted by atomic mass is 19.1. The molecular formula is C20H26FN3O2. The van der Waals surface area contributed by atoms with Crippen LogP contribution in [0.4, 0.5) is 4.39 Å². The van der Waals surface area contributed by atoms with Crippen molar-refractivity contribution in [1.29, 1.82) is 0 Å². The molecule has 1 N–H and O–H groups in total. The van der Waals surface area contributed by atoms with E-state index >= 15 is 0 Å². The SMILES string of the molecule is Cc1nccn1CCCC(=O)N1CC[C@H](Cc2ccccc2F)[C@@H](O)C1. The van der Waals surface area contributed by atoms with Gasteiger partial charge in [-0.05, 0) is 43.7 Å². The second kappa shape index (κ2) is 8.45. The summed E-state index contributed by atoms with van der Waals surface area (Å²) < 4.78 is 15.8. The third kappa shape index (κ3) is 4.49. The number of carbonyl (C=O) groups is 1. The van der Waals surface area contributed by atoms with Crippen LogP contribution >= 0.6 is 0 Å². The molecule has 6 heteroatoms. The van der Waals surface area contributed by atoms with E-state index < -0.39 is 6.10 Å². The fourth-order valence-corrected chi connectivity index (χ4v) is 3.59. The summed E-state index contributed by atoms with van der Waals surface area (Å²) in [6.45, 7) is 3.67. The van der Waals surface area contributed by atoms with Gasteiger partial charge in [-0.2, -0.15) is 0 Å². The largest absolute Gasteiger partial charge is 0.391 e. The van der Waals surface area contributed by atoms with E-state index in [4.69, 9.17) is 0 Å². The first kappa shape index (κ1) is 18.6. The lowest BCUT2D eigenvalue weighted by atomic mass is 9.87. The molecule has 140 valence electrons. The Morgan fingerprint density at radius 1 is 1.38 bits per heavy atom. The minimum Gasteiger partial charge on any atom is -0.391 e. The van der Waals surface area contributed by atoms with Crippen molar-refractivity contribution in [3.63, 3.8) is 0 Å². The maximum absolute atomic E-state index is 13.8. The summed E-state index contributed by atoms with van der Waals surface area (Å²) in [4.78, 5) is 18.3. The van der Waals surface area contributed by atoms with Crippen molar-refractivity contribution in [2.45, 2.75) is 45.3 Å². The number of halogens is 1. The number of β-amino-alcohol motifs (C(OH)–C–C–N with tert-alkyl or cyclic N) is 1. The number of likely N-dealkylation sites (tertiary alicyclic amines) is 1. The molecule has 3 rings (SSSR count). The summed E-state index contributed by atoms with van der Waals surface area (Å²) in [5, 5.41) is 10.4. The normalized spacial score (nSPS) is 20.3.